The van der Waals surface area contributed by atoms with E-state index < -0.39 is 24.3 Å². The van der Waals surface area contributed by atoms with Crippen LogP contribution in [0.3, 0.4) is 0 Å². The topological polar surface area (TPSA) is 73.2 Å². The number of benzene rings is 2. The van der Waals surface area contributed by atoms with Crippen LogP contribution in [0.1, 0.15) is 0 Å². The van der Waals surface area contributed by atoms with E-state index in [-0.39, 0.29) is 12.2 Å². The van der Waals surface area contributed by atoms with Gasteiger partial charge in [-0.2, -0.15) is 0 Å². The summed E-state index contributed by atoms with van der Waals surface area (Å²) in [6, 6.07) is 11.6. The van der Waals surface area contributed by atoms with Crippen molar-refractivity contribution in [3.05, 3.63) is 59.1 Å². The van der Waals surface area contributed by atoms with Crippen LogP contribution in [-0.2, 0) is 20.9 Å². The molecule has 8 heteroatoms. The van der Waals surface area contributed by atoms with E-state index in [0.29, 0.717) is 4.47 Å². The van der Waals surface area contributed by atoms with Gasteiger partial charge in [-0.1, -0.05) is 28.1 Å². The number of rotatable bonds is 5. The van der Waals surface area contributed by atoms with Crippen LogP contribution in [0, 0.1) is 5.82 Å². The molecule has 0 fully saturated rings. The third-order valence-corrected chi connectivity index (χ3v) is 3.89. The van der Waals surface area contributed by atoms with Crippen molar-refractivity contribution in [2.45, 2.75) is 6.54 Å². The number of imidazole rings is 1. The molecule has 0 saturated carbocycles. The van der Waals surface area contributed by atoms with Crippen molar-refractivity contribution in [1.29, 1.82) is 0 Å². The molecule has 0 radical (unpaired) electrons. The van der Waals surface area contributed by atoms with Crippen LogP contribution in [0.4, 0.5) is 10.1 Å². The minimum absolute atomic E-state index is 0.0184. The summed E-state index contributed by atoms with van der Waals surface area (Å²) >= 11 is 3.13. The van der Waals surface area contributed by atoms with Gasteiger partial charge in [0.1, 0.15) is 12.4 Å². The third kappa shape index (κ3) is 4.21. The summed E-state index contributed by atoms with van der Waals surface area (Å²) < 4.78 is 20.8. The molecule has 1 aromatic heterocycles. The van der Waals surface area contributed by atoms with E-state index in [4.69, 9.17) is 4.74 Å². The number of nitrogens with one attached hydrogen (secondary N) is 1. The molecule has 2 aromatic carbocycles. The Hall–Kier alpha value is -2.74. The number of carbonyl (C=O) groups is 2. The monoisotopic (exact) mass is 405 g/mol. The van der Waals surface area contributed by atoms with Crippen LogP contribution in [0.25, 0.3) is 11.0 Å². The van der Waals surface area contributed by atoms with Gasteiger partial charge in [0.05, 0.1) is 23.0 Å². The molecular formula is C17H13BrFN3O3. The first-order valence-electron chi connectivity index (χ1n) is 7.33. The summed E-state index contributed by atoms with van der Waals surface area (Å²) in [6.07, 6.45) is 1.53. The molecule has 0 aliphatic carbocycles. The molecule has 3 rings (SSSR count). The molecule has 0 spiro atoms. The summed E-state index contributed by atoms with van der Waals surface area (Å²) in [4.78, 5) is 27.8. The van der Waals surface area contributed by atoms with Gasteiger partial charge < -0.3 is 14.6 Å². The molecule has 0 aliphatic rings. The zero-order valence-electron chi connectivity index (χ0n) is 12.9. The van der Waals surface area contributed by atoms with Crippen molar-refractivity contribution < 1.29 is 18.7 Å². The van der Waals surface area contributed by atoms with Gasteiger partial charge in [-0.05, 0) is 30.3 Å². The normalized spacial score (nSPS) is 10.6. The molecule has 128 valence electrons. The second-order valence-electron chi connectivity index (χ2n) is 5.19. The molecule has 1 amide bonds. The fourth-order valence-corrected chi connectivity index (χ4v) is 2.58. The van der Waals surface area contributed by atoms with E-state index in [9.17, 15) is 14.0 Å². The largest absolute Gasteiger partial charge is 0.454 e. The lowest BCUT2D eigenvalue weighted by molar-refractivity contribution is -0.147. The maximum absolute atomic E-state index is 13.6. The maximum Gasteiger partial charge on any atom is 0.326 e. The number of para-hydroxylation sites is 2. The van der Waals surface area contributed by atoms with E-state index >= 15 is 0 Å². The predicted molar refractivity (Wildman–Crippen MR) is 93.4 cm³/mol. The zero-order valence-corrected chi connectivity index (χ0v) is 14.5. The molecule has 6 nitrogen and oxygen atoms in total. The summed E-state index contributed by atoms with van der Waals surface area (Å²) in [5.74, 6) is -1.79. The molecule has 1 N–H and O–H groups in total. The highest BCUT2D eigenvalue weighted by Crippen LogP contribution is 2.19. The number of hydrogen-bond donors (Lipinski definition) is 1. The average Bonchev–Trinajstić information content (AvgIpc) is 2.99. The first-order chi connectivity index (χ1) is 12.0. The number of ether oxygens (including phenoxy) is 1. The van der Waals surface area contributed by atoms with Crippen LogP contribution >= 0.6 is 15.9 Å². The van der Waals surface area contributed by atoms with Crippen molar-refractivity contribution >= 4 is 44.5 Å². The number of nitrogens with zero attached hydrogens (tertiary/aromatic N) is 2. The van der Waals surface area contributed by atoms with E-state index in [1.165, 1.54) is 18.5 Å². The molecule has 0 atom stereocenters. The molecule has 0 aliphatic heterocycles. The lowest BCUT2D eigenvalue weighted by Gasteiger charge is -2.08. The van der Waals surface area contributed by atoms with Gasteiger partial charge >= 0.3 is 5.97 Å². The summed E-state index contributed by atoms with van der Waals surface area (Å²) in [5.41, 5.74) is 1.57. The number of fused-ring (bicyclic) bond motifs is 1. The van der Waals surface area contributed by atoms with Crippen molar-refractivity contribution in [1.82, 2.24) is 9.55 Å². The Kier molecular flexibility index (Phi) is 5.08. The maximum atomic E-state index is 13.6. The molecule has 0 bridgehead atoms. The second kappa shape index (κ2) is 7.43. The van der Waals surface area contributed by atoms with Gasteiger partial charge in [0.25, 0.3) is 5.91 Å². The Morgan fingerprint density at radius 3 is 2.84 bits per heavy atom. The Balaban J connectivity index is 1.54. The van der Waals surface area contributed by atoms with E-state index in [2.05, 4.69) is 26.2 Å². The fourth-order valence-electron chi connectivity index (χ4n) is 2.24. The van der Waals surface area contributed by atoms with E-state index in [0.717, 1.165) is 11.0 Å². The Bertz CT molecular complexity index is 942. The molecule has 1 heterocycles. The molecule has 3 aromatic rings. The molecular weight excluding hydrogens is 393 g/mol. The third-order valence-electron chi connectivity index (χ3n) is 3.40. The Morgan fingerprint density at radius 2 is 2.04 bits per heavy atom. The van der Waals surface area contributed by atoms with Crippen molar-refractivity contribution in [3.8, 4) is 0 Å². The van der Waals surface area contributed by atoms with Gasteiger partial charge in [0, 0.05) is 4.47 Å². The van der Waals surface area contributed by atoms with Crippen molar-refractivity contribution in [2.24, 2.45) is 0 Å². The van der Waals surface area contributed by atoms with E-state index in [1.807, 2.05) is 24.3 Å². The highest BCUT2D eigenvalue weighted by atomic mass is 79.9. The van der Waals surface area contributed by atoms with Crippen molar-refractivity contribution in [3.63, 3.8) is 0 Å². The minimum Gasteiger partial charge on any atom is -0.454 e. The first kappa shape index (κ1) is 17.1. The van der Waals surface area contributed by atoms with Crippen LogP contribution in [0.5, 0.6) is 0 Å². The molecule has 0 unspecified atom stereocenters. The zero-order chi connectivity index (χ0) is 17.8. The lowest BCUT2D eigenvalue weighted by atomic mass is 10.3. The van der Waals surface area contributed by atoms with Crippen LogP contribution in [0.2, 0.25) is 0 Å². The van der Waals surface area contributed by atoms with Gasteiger partial charge in [0.2, 0.25) is 0 Å². The minimum atomic E-state index is -0.620. The predicted octanol–water partition coefficient (Wildman–Crippen LogP) is 3.12. The number of amides is 1. The average molecular weight is 406 g/mol. The number of carbonyl (C=O) groups excluding carboxylic acids is 2. The molecule has 0 saturated heterocycles. The molecule has 25 heavy (non-hydrogen) atoms. The lowest BCUT2D eigenvalue weighted by Crippen LogP contribution is -2.23. The van der Waals surface area contributed by atoms with Gasteiger partial charge in [-0.15, -0.1) is 0 Å². The van der Waals surface area contributed by atoms with Crippen LogP contribution in [-0.4, -0.2) is 28.0 Å². The smallest absolute Gasteiger partial charge is 0.326 e. The number of aromatic nitrogens is 2. The van der Waals surface area contributed by atoms with Gasteiger partial charge in [-0.3, -0.25) is 9.59 Å². The first-order valence-corrected chi connectivity index (χ1v) is 8.12. The highest BCUT2D eigenvalue weighted by Gasteiger charge is 2.12. The highest BCUT2D eigenvalue weighted by molar-refractivity contribution is 9.10. The van der Waals surface area contributed by atoms with Crippen LogP contribution in [0.15, 0.2) is 53.3 Å². The van der Waals surface area contributed by atoms with Crippen LogP contribution < -0.4 is 5.32 Å². The Labute approximate surface area is 150 Å². The van der Waals surface area contributed by atoms with Gasteiger partial charge in [-0.25, -0.2) is 9.37 Å². The number of hydrogen-bond acceptors (Lipinski definition) is 4. The quantitative estimate of drug-likeness (QED) is 0.661. The summed E-state index contributed by atoms with van der Waals surface area (Å²) in [5, 5.41) is 2.35. The Morgan fingerprint density at radius 1 is 1.24 bits per heavy atom. The second-order valence-corrected chi connectivity index (χ2v) is 6.11. The van der Waals surface area contributed by atoms with E-state index in [1.54, 1.807) is 10.6 Å². The van der Waals surface area contributed by atoms with Gasteiger partial charge in [0.15, 0.2) is 6.61 Å². The SMILES string of the molecule is O=C(COC(=O)Cn1cnc2ccccc21)Nc1ccc(Br)cc1F. The van der Waals surface area contributed by atoms with Crippen molar-refractivity contribution in [2.75, 3.05) is 11.9 Å². The summed E-state index contributed by atoms with van der Waals surface area (Å²) in [7, 11) is 0. The summed E-state index contributed by atoms with van der Waals surface area (Å²) in [6.45, 7) is -0.568. The number of halogens is 2. The number of anilines is 1. The fraction of sp³-hybridized carbons (Fsp3) is 0.118. The number of esters is 1. The standard InChI is InChI=1S/C17H13BrFN3O3/c18-11-5-6-13(12(19)7-11)21-16(23)9-25-17(24)8-22-10-20-14-3-1-2-4-15(14)22/h1-7,10H,8-9H2,(H,21,23).